The Kier molecular flexibility index (Phi) is 5.16. The van der Waals surface area contributed by atoms with Gasteiger partial charge in [0.1, 0.15) is 5.75 Å². The number of hydrogen-bond acceptors (Lipinski definition) is 3. The van der Waals surface area contributed by atoms with Gasteiger partial charge in [-0.05, 0) is 43.7 Å². The number of rotatable bonds is 4. The van der Waals surface area contributed by atoms with Crippen molar-refractivity contribution in [3.8, 4) is 5.75 Å². The lowest BCUT2D eigenvalue weighted by Crippen LogP contribution is -2.43. The van der Waals surface area contributed by atoms with E-state index in [0.29, 0.717) is 24.8 Å². The Labute approximate surface area is 137 Å². The molecule has 1 saturated heterocycles. The highest BCUT2D eigenvalue weighted by molar-refractivity contribution is 5.79. The van der Waals surface area contributed by atoms with Gasteiger partial charge >= 0.3 is 6.09 Å². The maximum atomic E-state index is 12.1. The van der Waals surface area contributed by atoms with Crippen LogP contribution in [0.4, 0.5) is 4.79 Å². The summed E-state index contributed by atoms with van der Waals surface area (Å²) in [5.41, 5.74) is 0. The SMILES string of the molecule is O=C(NCC1CCN(C(=O)Oc2ccccc2)CC1)C1CCC1. The van der Waals surface area contributed by atoms with Crippen molar-refractivity contribution in [3.63, 3.8) is 0 Å². The summed E-state index contributed by atoms with van der Waals surface area (Å²) in [5.74, 6) is 1.49. The summed E-state index contributed by atoms with van der Waals surface area (Å²) >= 11 is 0. The van der Waals surface area contributed by atoms with Crippen LogP contribution in [0, 0.1) is 11.8 Å². The van der Waals surface area contributed by atoms with Crippen LogP contribution in [0.5, 0.6) is 5.75 Å². The molecule has 2 fully saturated rings. The van der Waals surface area contributed by atoms with Crippen molar-refractivity contribution in [1.29, 1.82) is 0 Å². The second-order valence-electron chi connectivity index (χ2n) is 6.48. The molecule has 0 unspecified atom stereocenters. The Morgan fingerprint density at radius 1 is 1.09 bits per heavy atom. The molecule has 0 spiro atoms. The molecule has 0 radical (unpaired) electrons. The number of likely N-dealkylation sites (tertiary alicyclic amines) is 1. The van der Waals surface area contributed by atoms with Gasteiger partial charge in [0.15, 0.2) is 0 Å². The number of nitrogens with one attached hydrogen (secondary N) is 1. The summed E-state index contributed by atoms with van der Waals surface area (Å²) in [6.45, 7) is 2.11. The zero-order valence-corrected chi connectivity index (χ0v) is 13.4. The molecule has 1 aliphatic heterocycles. The van der Waals surface area contributed by atoms with Crippen LogP contribution in [0.2, 0.25) is 0 Å². The van der Waals surface area contributed by atoms with Crippen molar-refractivity contribution in [3.05, 3.63) is 30.3 Å². The van der Waals surface area contributed by atoms with Crippen molar-refractivity contribution >= 4 is 12.0 Å². The number of hydrogen-bond donors (Lipinski definition) is 1. The first kappa shape index (κ1) is 15.8. The fourth-order valence-corrected chi connectivity index (χ4v) is 3.03. The molecule has 124 valence electrons. The number of nitrogens with zero attached hydrogens (tertiary/aromatic N) is 1. The van der Waals surface area contributed by atoms with Crippen LogP contribution in [-0.4, -0.2) is 36.5 Å². The molecule has 2 amide bonds. The third-order valence-corrected chi connectivity index (χ3v) is 4.86. The van der Waals surface area contributed by atoms with E-state index in [9.17, 15) is 9.59 Å². The molecule has 5 heteroatoms. The van der Waals surface area contributed by atoms with Crippen LogP contribution in [0.3, 0.4) is 0 Å². The molecule has 23 heavy (non-hydrogen) atoms. The van der Waals surface area contributed by atoms with E-state index in [1.807, 2.05) is 18.2 Å². The summed E-state index contributed by atoms with van der Waals surface area (Å²) < 4.78 is 5.36. The second-order valence-corrected chi connectivity index (χ2v) is 6.48. The molecule has 1 aromatic carbocycles. The van der Waals surface area contributed by atoms with Crippen LogP contribution < -0.4 is 10.1 Å². The van der Waals surface area contributed by atoms with E-state index in [4.69, 9.17) is 4.74 Å². The van der Waals surface area contributed by atoms with Crippen LogP contribution in [0.1, 0.15) is 32.1 Å². The molecule has 1 N–H and O–H groups in total. The molecule has 1 aromatic rings. The van der Waals surface area contributed by atoms with Crippen molar-refractivity contribution in [1.82, 2.24) is 10.2 Å². The first-order chi connectivity index (χ1) is 11.2. The quantitative estimate of drug-likeness (QED) is 0.929. The van der Waals surface area contributed by atoms with Crippen molar-refractivity contribution < 1.29 is 14.3 Å². The Hall–Kier alpha value is -2.04. The van der Waals surface area contributed by atoms with Gasteiger partial charge in [-0.1, -0.05) is 24.6 Å². The van der Waals surface area contributed by atoms with Crippen LogP contribution in [0.15, 0.2) is 30.3 Å². The van der Waals surface area contributed by atoms with Crippen LogP contribution in [0.25, 0.3) is 0 Å². The number of ether oxygens (including phenoxy) is 1. The summed E-state index contributed by atoms with van der Waals surface area (Å²) in [5, 5.41) is 3.06. The second kappa shape index (κ2) is 7.49. The van der Waals surface area contributed by atoms with E-state index in [0.717, 1.165) is 32.2 Å². The minimum Gasteiger partial charge on any atom is -0.410 e. The van der Waals surface area contributed by atoms with Gasteiger partial charge in [-0.3, -0.25) is 4.79 Å². The van der Waals surface area contributed by atoms with Gasteiger partial charge in [0.25, 0.3) is 0 Å². The smallest absolute Gasteiger partial charge is 0.410 e. The molecular formula is C18H24N2O3. The van der Waals surface area contributed by atoms with Gasteiger partial charge in [0.2, 0.25) is 5.91 Å². The van der Waals surface area contributed by atoms with E-state index in [-0.39, 0.29) is 17.9 Å². The number of carbonyl (C=O) groups excluding carboxylic acids is 2. The molecule has 3 rings (SSSR count). The van der Waals surface area contributed by atoms with Gasteiger partial charge in [-0.15, -0.1) is 0 Å². The Balaban J connectivity index is 1.37. The zero-order chi connectivity index (χ0) is 16.1. The van der Waals surface area contributed by atoms with Crippen molar-refractivity contribution in [2.24, 2.45) is 11.8 Å². The largest absolute Gasteiger partial charge is 0.415 e. The summed E-state index contributed by atoms with van der Waals surface area (Å²) in [4.78, 5) is 25.7. The van der Waals surface area contributed by atoms with E-state index in [1.165, 1.54) is 6.42 Å². The Morgan fingerprint density at radius 2 is 1.78 bits per heavy atom. The molecule has 2 aliphatic rings. The summed E-state index contributed by atoms with van der Waals surface area (Å²) in [6, 6.07) is 9.14. The highest BCUT2D eigenvalue weighted by Crippen LogP contribution is 2.26. The van der Waals surface area contributed by atoms with Gasteiger partial charge in [0.05, 0.1) is 0 Å². The molecule has 1 aliphatic carbocycles. The van der Waals surface area contributed by atoms with E-state index >= 15 is 0 Å². The fraction of sp³-hybridized carbons (Fsp3) is 0.556. The normalized spacial score (nSPS) is 19.0. The first-order valence-corrected chi connectivity index (χ1v) is 8.52. The number of para-hydroxylation sites is 1. The maximum absolute atomic E-state index is 12.1. The minimum atomic E-state index is -0.284. The standard InChI is InChI=1S/C18H24N2O3/c21-17(15-5-4-6-15)19-13-14-9-11-20(12-10-14)18(22)23-16-7-2-1-3-8-16/h1-3,7-8,14-15H,4-6,9-13H2,(H,19,21). The number of carbonyl (C=O) groups is 2. The highest BCUT2D eigenvalue weighted by Gasteiger charge is 2.27. The lowest BCUT2D eigenvalue weighted by molar-refractivity contribution is -0.127. The first-order valence-electron chi connectivity index (χ1n) is 8.52. The molecule has 0 bridgehead atoms. The lowest BCUT2D eigenvalue weighted by atomic mass is 9.84. The summed E-state index contributed by atoms with van der Waals surface area (Å²) in [6.07, 6.45) is 4.79. The predicted octanol–water partition coefficient (Wildman–Crippen LogP) is 2.81. The molecule has 1 heterocycles. The molecule has 5 nitrogen and oxygen atoms in total. The van der Waals surface area contributed by atoms with E-state index in [2.05, 4.69) is 5.32 Å². The third kappa shape index (κ3) is 4.24. The molecule has 0 aromatic heterocycles. The average Bonchev–Trinajstić information content (AvgIpc) is 2.53. The molecular weight excluding hydrogens is 292 g/mol. The maximum Gasteiger partial charge on any atom is 0.415 e. The average molecular weight is 316 g/mol. The molecule has 0 atom stereocenters. The van der Waals surface area contributed by atoms with Gasteiger partial charge in [0, 0.05) is 25.6 Å². The number of amides is 2. The van der Waals surface area contributed by atoms with Gasteiger partial charge in [-0.25, -0.2) is 4.79 Å². The monoisotopic (exact) mass is 316 g/mol. The number of benzene rings is 1. The Morgan fingerprint density at radius 3 is 2.39 bits per heavy atom. The number of piperidine rings is 1. The van der Waals surface area contributed by atoms with Crippen molar-refractivity contribution in [2.45, 2.75) is 32.1 Å². The fourth-order valence-electron chi connectivity index (χ4n) is 3.03. The van der Waals surface area contributed by atoms with Gasteiger partial charge < -0.3 is 15.0 Å². The minimum absolute atomic E-state index is 0.210. The van der Waals surface area contributed by atoms with E-state index < -0.39 is 0 Å². The summed E-state index contributed by atoms with van der Waals surface area (Å²) in [7, 11) is 0. The highest BCUT2D eigenvalue weighted by atomic mass is 16.6. The Bertz CT molecular complexity index is 534. The predicted molar refractivity (Wildman–Crippen MR) is 87.1 cm³/mol. The topological polar surface area (TPSA) is 58.6 Å². The van der Waals surface area contributed by atoms with Crippen molar-refractivity contribution in [2.75, 3.05) is 19.6 Å². The zero-order valence-electron chi connectivity index (χ0n) is 13.4. The van der Waals surface area contributed by atoms with Crippen LogP contribution >= 0.6 is 0 Å². The molecule has 1 saturated carbocycles. The third-order valence-electron chi connectivity index (χ3n) is 4.86. The lowest BCUT2D eigenvalue weighted by Gasteiger charge is -2.32. The van der Waals surface area contributed by atoms with Crippen LogP contribution in [-0.2, 0) is 4.79 Å². The van der Waals surface area contributed by atoms with E-state index in [1.54, 1.807) is 17.0 Å². The van der Waals surface area contributed by atoms with Gasteiger partial charge in [-0.2, -0.15) is 0 Å².